The lowest BCUT2D eigenvalue weighted by Crippen LogP contribution is -2.03. The minimum absolute atomic E-state index is 0.0282. The van der Waals surface area contributed by atoms with Crippen LogP contribution in [-0.4, -0.2) is 5.78 Å². The molecule has 82 valence electrons. The first-order chi connectivity index (χ1) is 6.97. The van der Waals surface area contributed by atoms with Gasteiger partial charge in [0.15, 0.2) is 5.78 Å². The quantitative estimate of drug-likeness (QED) is 0.698. The van der Waals surface area contributed by atoms with Gasteiger partial charge in [0.1, 0.15) is 0 Å². The summed E-state index contributed by atoms with van der Waals surface area (Å²) in [5.74, 6) is -0.162. The number of hydrogen-bond acceptors (Lipinski definition) is 1. The molecule has 0 spiro atoms. The number of hydrogen-bond donors (Lipinski definition) is 0. The van der Waals surface area contributed by atoms with E-state index in [4.69, 9.17) is 0 Å². The zero-order chi connectivity index (χ0) is 11.6. The number of rotatable bonds is 3. The lowest BCUT2D eigenvalue weighted by molar-refractivity contribution is 0.101. The summed E-state index contributed by atoms with van der Waals surface area (Å²) < 4.78 is 25.4. The number of halogens is 2. The van der Waals surface area contributed by atoms with Crippen molar-refractivity contribution in [1.29, 1.82) is 0 Å². The normalized spacial score (nSPS) is 10.8. The van der Waals surface area contributed by atoms with Crippen molar-refractivity contribution in [3.05, 3.63) is 34.4 Å². The summed E-state index contributed by atoms with van der Waals surface area (Å²) >= 11 is 0. The third kappa shape index (κ3) is 2.41. The Bertz CT molecular complexity index is 383. The molecular weight excluding hydrogens is 198 g/mol. The van der Waals surface area contributed by atoms with Gasteiger partial charge in [0.05, 0.1) is 0 Å². The summed E-state index contributed by atoms with van der Waals surface area (Å²) in [5.41, 5.74) is 1.56. The molecule has 0 heterocycles. The summed E-state index contributed by atoms with van der Waals surface area (Å²) in [6.45, 7) is 4.85. The van der Waals surface area contributed by atoms with Crippen LogP contribution in [0.4, 0.5) is 8.78 Å². The molecule has 0 radical (unpaired) electrons. The highest BCUT2D eigenvalue weighted by Crippen LogP contribution is 2.27. The maximum absolute atomic E-state index is 12.7. The highest BCUT2D eigenvalue weighted by Gasteiger charge is 2.16. The number of ketones is 1. The van der Waals surface area contributed by atoms with Gasteiger partial charge in [-0.3, -0.25) is 4.79 Å². The molecule has 1 rings (SSSR count). The molecule has 1 nitrogen and oxygen atoms in total. The van der Waals surface area contributed by atoms with Crippen LogP contribution < -0.4 is 0 Å². The molecule has 0 atom stereocenters. The Kier molecular flexibility index (Phi) is 3.56. The van der Waals surface area contributed by atoms with E-state index < -0.39 is 6.43 Å². The second-order valence-corrected chi connectivity index (χ2v) is 3.57. The molecule has 0 fully saturated rings. The van der Waals surface area contributed by atoms with Crippen LogP contribution in [0.3, 0.4) is 0 Å². The van der Waals surface area contributed by atoms with E-state index in [2.05, 4.69) is 0 Å². The van der Waals surface area contributed by atoms with Gasteiger partial charge in [-0.05, 0) is 43.5 Å². The van der Waals surface area contributed by atoms with Crippen molar-refractivity contribution in [2.45, 2.75) is 33.6 Å². The monoisotopic (exact) mass is 212 g/mol. The number of benzene rings is 1. The fourth-order valence-corrected chi connectivity index (χ4v) is 1.60. The summed E-state index contributed by atoms with van der Waals surface area (Å²) in [6, 6.07) is 3.18. The molecule has 1 aromatic rings. The number of aryl methyl sites for hydroxylation is 1. The van der Waals surface area contributed by atoms with Crippen LogP contribution in [0.5, 0.6) is 0 Å². The Morgan fingerprint density at radius 3 is 2.40 bits per heavy atom. The van der Waals surface area contributed by atoms with E-state index in [0.717, 1.165) is 5.56 Å². The molecule has 0 aliphatic heterocycles. The van der Waals surface area contributed by atoms with Gasteiger partial charge in [0.2, 0.25) is 0 Å². The van der Waals surface area contributed by atoms with Crippen LogP contribution in [0.2, 0.25) is 0 Å². The third-order valence-electron chi connectivity index (χ3n) is 2.53. The van der Waals surface area contributed by atoms with Crippen LogP contribution >= 0.6 is 0 Å². The summed E-state index contributed by atoms with van der Waals surface area (Å²) in [6.07, 6.45) is -1.87. The van der Waals surface area contributed by atoms with Crippen LogP contribution in [-0.2, 0) is 6.42 Å². The maximum Gasteiger partial charge on any atom is 0.264 e. The molecule has 0 saturated heterocycles. The Hall–Kier alpha value is -1.25. The first kappa shape index (κ1) is 11.8. The SMILES string of the molecule is CCc1cc(C(C)=O)c(C)c(C(F)F)c1. The Morgan fingerprint density at radius 1 is 1.40 bits per heavy atom. The topological polar surface area (TPSA) is 17.1 Å². The van der Waals surface area contributed by atoms with Crippen LogP contribution in [0.1, 0.15) is 47.3 Å². The number of carbonyl (C=O) groups excluding carboxylic acids is 1. The van der Waals surface area contributed by atoms with Gasteiger partial charge in [0.25, 0.3) is 6.43 Å². The van der Waals surface area contributed by atoms with Crippen molar-refractivity contribution in [3.63, 3.8) is 0 Å². The average Bonchev–Trinajstić information content (AvgIpc) is 2.17. The van der Waals surface area contributed by atoms with E-state index in [9.17, 15) is 13.6 Å². The third-order valence-corrected chi connectivity index (χ3v) is 2.53. The summed E-state index contributed by atoms with van der Waals surface area (Å²) in [5, 5.41) is 0. The fourth-order valence-electron chi connectivity index (χ4n) is 1.60. The Balaban J connectivity index is 3.40. The second kappa shape index (κ2) is 4.51. The van der Waals surface area contributed by atoms with Crippen molar-refractivity contribution in [3.8, 4) is 0 Å². The van der Waals surface area contributed by atoms with Gasteiger partial charge < -0.3 is 0 Å². The Labute approximate surface area is 88.1 Å². The first-order valence-electron chi connectivity index (χ1n) is 4.89. The van der Waals surface area contributed by atoms with Gasteiger partial charge >= 0.3 is 0 Å². The van der Waals surface area contributed by atoms with E-state index in [1.54, 1.807) is 13.0 Å². The number of alkyl halides is 2. The van der Waals surface area contributed by atoms with E-state index in [-0.39, 0.29) is 11.3 Å². The highest BCUT2D eigenvalue weighted by molar-refractivity contribution is 5.96. The predicted octanol–water partition coefficient (Wildman–Crippen LogP) is 3.70. The molecule has 3 heteroatoms. The molecule has 0 amide bonds. The average molecular weight is 212 g/mol. The maximum atomic E-state index is 12.7. The van der Waals surface area contributed by atoms with Gasteiger partial charge in [-0.15, -0.1) is 0 Å². The number of Topliss-reactive ketones (excluding diaryl/α,β-unsaturated/α-hetero) is 1. The van der Waals surface area contributed by atoms with E-state index >= 15 is 0 Å². The summed E-state index contributed by atoms with van der Waals surface area (Å²) in [4.78, 5) is 11.3. The van der Waals surface area contributed by atoms with Crippen molar-refractivity contribution in [2.75, 3.05) is 0 Å². The fraction of sp³-hybridized carbons (Fsp3) is 0.417. The molecule has 0 N–H and O–H groups in total. The zero-order valence-electron chi connectivity index (χ0n) is 9.10. The molecular formula is C12H14F2O. The lowest BCUT2D eigenvalue weighted by atomic mass is 9.96. The predicted molar refractivity (Wildman–Crippen MR) is 55.5 cm³/mol. The van der Waals surface area contributed by atoms with Crippen molar-refractivity contribution < 1.29 is 13.6 Å². The van der Waals surface area contributed by atoms with Gasteiger partial charge in [0, 0.05) is 11.1 Å². The molecule has 0 bridgehead atoms. The van der Waals surface area contributed by atoms with Gasteiger partial charge in [-0.2, -0.15) is 0 Å². The molecule has 0 unspecified atom stereocenters. The zero-order valence-corrected chi connectivity index (χ0v) is 9.10. The van der Waals surface area contributed by atoms with Gasteiger partial charge in [-0.25, -0.2) is 8.78 Å². The first-order valence-corrected chi connectivity index (χ1v) is 4.89. The molecule has 0 aromatic heterocycles. The lowest BCUT2D eigenvalue weighted by Gasteiger charge is -2.11. The van der Waals surface area contributed by atoms with Crippen molar-refractivity contribution >= 4 is 5.78 Å². The highest BCUT2D eigenvalue weighted by atomic mass is 19.3. The van der Waals surface area contributed by atoms with Crippen LogP contribution in [0, 0.1) is 6.92 Å². The summed E-state index contributed by atoms with van der Waals surface area (Å²) in [7, 11) is 0. The molecule has 0 aliphatic carbocycles. The van der Waals surface area contributed by atoms with Gasteiger partial charge in [-0.1, -0.05) is 6.92 Å². The number of carbonyl (C=O) groups is 1. The largest absolute Gasteiger partial charge is 0.295 e. The smallest absolute Gasteiger partial charge is 0.264 e. The standard InChI is InChI=1S/C12H14F2O/c1-4-9-5-10(8(3)15)7(2)11(6-9)12(13)14/h5-6,12H,4H2,1-3H3. The van der Waals surface area contributed by atoms with E-state index in [1.807, 2.05) is 6.92 Å². The second-order valence-electron chi connectivity index (χ2n) is 3.57. The minimum atomic E-state index is -2.52. The molecule has 15 heavy (non-hydrogen) atoms. The van der Waals surface area contributed by atoms with E-state index in [1.165, 1.54) is 13.0 Å². The molecule has 0 aliphatic rings. The minimum Gasteiger partial charge on any atom is -0.295 e. The van der Waals surface area contributed by atoms with Crippen LogP contribution in [0.15, 0.2) is 12.1 Å². The van der Waals surface area contributed by atoms with Crippen molar-refractivity contribution in [1.82, 2.24) is 0 Å². The molecule has 0 saturated carbocycles. The van der Waals surface area contributed by atoms with Crippen molar-refractivity contribution in [2.24, 2.45) is 0 Å². The Morgan fingerprint density at radius 2 is 2.00 bits per heavy atom. The molecule has 1 aromatic carbocycles. The van der Waals surface area contributed by atoms with Crippen LogP contribution in [0.25, 0.3) is 0 Å². The van der Waals surface area contributed by atoms with E-state index in [0.29, 0.717) is 17.5 Å².